The highest BCUT2D eigenvalue weighted by molar-refractivity contribution is 8.00. The summed E-state index contributed by atoms with van der Waals surface area (Å²) in [5, 5.41) is 7.79. The second kappa shape index (κ2) is 9.28. The van der Waals surface area contributed by atoms with Gasteiger partial charge in [0, 0.05) is 22.3 Å². The van der Waals surface area contributed by atoms with E-state index in [-0.39, 0.29) is 17.2 Å². The van der Waals surface area contributed by atoms with Gasteiger partial charge in [-0.1, -0.05) is 29.4 Å². The Morgan fingerprint density at radius 3 is 2.43 bits per heavy atom. The van der Waals surface area contributed by atoms with Crippen LogP contribution < -0.4 is 10.9 Å². The van der Waals surface area contributed by atoms with Gasteiger partial charge in [0.15, 0.2) is 5.78 Å². The van der Waals surface area contributed by atoms with Crippen molar-refractivity contribution in [2.45, 2.75) is 31.0 Å². The number of hydrogen-bond donors (Lipinski definition) is 1. The Morgan fingerprint density at radius 1 is 1.10 bits per heavy atom. The minimum atomic E-state index is -0.461. The summed E-state index contributed by atoms with van der Waals surface area (Å²) in [6, 6.07) is 15.0. The van der Waals surface area contributed by atoms with Gasteiger partial charge in [-0.3, -0.25) is 14.4 Å². The third kappa shape index (κ3) is 5.17. The molecule has 8 heteroatoms. The standard InChI is InChI=1S/C22H20ClN3O3S/c1-13-4-9-18(12-19(13)23)26-21(28)11-10-20(25-26)30-15(3)22(29)24-17-7-5-16(6-8-17)14(2)27/h4-12,15H,1-3H3,(H,24,29)/t15-/m1/s1. The number of thioether (sulfide) groups is 1. The van der Waals surface area contributed by atoms with Crippen molar-refractivity contribution in [1.29, 1.82) is 0 Å². The van der Waals surface area contributed by atoms with Crippen LogP contribution in [0.4, 0.5) is 5.69 Å². The van der Waals surface area contributed by atoms with Crippen molar-refractivity contribution in [3.05, 3.63) is 81.1 Å². The van der Waals surface area contributed by atoms with E-state index < -0.39 is 5.25 Å². The smallest absolute Gasteiger partial charge is 0.271 e. The Bertz CT molecular complexity index is 1160. The third-order valence-corrected chi connectivity index (χ3v) is 5.84. The molecule has 1 N–H and O–H groups in total. The molecule has 0 spiro atoms. The van der Waals surface area contributed by atoms with Crippen molar-refractivity contribution in [3.8, 4) is 5.69 Å². The Balaban J connectivity index is 1.73. The van der Waals surface area contributed by atoms with Crippen LogP contribution in [0.3, 0.4) is 0 Å². The summed E-state index contributed by atoms with van der Waals surface area (Å²) in [4.78, 5) is 36.1. The summed E-state index contributed by atoms with van der Waals surface area (Å²) >= 11 is 7.40. The molecule has 0 aliphatic heterocycles. The van der Waals surface area contributed by atoms with Crippen molar-refractivity contribution in [2.75, 3.05) is 5.32 Å². The van der Waals surface area contributed by atoms with Crippen molar-refractivity contribution < 1.29 is 9.59 Å². The van der Waals surface area contributed by atoms with Gasteiger partial charge in [0.05, 0.1) is 10.9 Å². The Kier molecular flexibility index (Phi) is 6.74. The number of carbonyl (C=O) groups excluding carboxylic acids is 2. The summed E-state index contributed by atoms with van der Waals surface area (Å²) in [5.41, 5.74) is 2.35. The lowest BCUT2D eigenvalue weighted by atomic mass is 10.1. The van der Waals surface area contributed by atoms with Crippen molar-refractivity contribution in [1.82, 2.24) is 9.78 Å². The molecule has 2 aromatic carbocycles. The van der Waals surface area contributed by atoms with Gasteiger partial charge < -0.3 is 5.32 Å². The van der Waals surface area contributed by atoms with E-state index in [0.717, 1.165) is 5.56 Å². The summed E-state index contributed by atoms with van der Waals surface area (Å²) in [6.45, 7) is 5.12. The Morgan fingerprint density at radius 2 is 1.80 bits per heavy atom. The number of nitrogens with one attached hydrogen (secondary N) is 1. The normalized spacial score (nSPS) is 11.7. The van der Waals surface area contributed by atoms with Crippen molar-refractivity contribution in [3.63, 3.8) is 0 Å². The average Bonchev–Trinajstić information content (AvgIpc) is 2.72. The number of benzene rings is 2. The van der Waals surface area contributed by atoms with E-state index in [1.807, 2.05) is 13.0 Å². The van der Waals surface area contributed by atoms with E-state index in [0.29, 0.717) is 27.0 Å². The van der Waals surface area contributed by atoms with Crippen LogP contribution in [-0.4, -0.2) is 26.7 Å². The quantitative estimate of drug-likeness (QED) is 0.449. The van der Waals surface area contributed by atoms with Gasteiger partial charge in [0.1, 0.15) is 5.03 Å². The van der Waals surface area contributed by atoms with Crippen molar-refractivity contribution >= 4 is 40.7 Å². The molecule has 3 aromatic rings. The number of nitrogens with zero attached hydrogens (tertiary/aromatic N) is 2. The fourth-order valence-electron chi connectivity index (χ4n) is 2.62. The summed E-state index contributed by atoms with van der Waals surface area (Å²) < 4.78 is 1.26. The number of amides is 1. The van der Waals surface area contributed by atoms with E-state index in [4.69, 9.17) is 11.6 Å². The molecule has 0 radical (unpaired) electrons. The molecule has 0 aliphatic rings. The van der Waals surface area contributed by atoms with Gasteiger partial charge >= 0.3 is 0 Å². The molecular formula is C22H20ClN3O3S. The Hall–Kier alpha value is -2.90. The number of Topliss-reactive ketones (excluding diaryl/α,β-unsaturated/α-hetero) is 1. The second-order valence-corrected chi connectivity index (χ2v) is 8.51. The first kappa shape index (κ1) is 21.8. The summed E-state index contributed by atoms with van der Waals surface area (Å²) in [6.07, 6.45) is 0. The molecule has 1 atom stereocenters. The maximum Gasteiger partial charge on any atom is 0.271 e. The van der Waals surface area contributed by atoms with Crippen LogP contribution in [0.2, 0.25) is 5.02 Å². The van der Waals surface area contributed by atoms with Gasteiger partial charge in [-0.25, -0.2) is 0 Å². The van der Waals surface area contributed by atoms with Crippen LogP contribution in [0.1, 0.15) is 29.8 Å². The molecule has 0 saturated heterocycles. The van der Waals surface area contributed by atoms with Gasteiger partial charge in [-0.05, 0) is 68.8 Å². The lowest BCUT2D eigenvalue weighted by Gasteiger charge is -2.13. The lowest BCUT2D eigenvalue weighted by molar-refractivity contribution is -0.115. The van der Waals surface area contributed by atoms with Crippen LogP contribution in [-0.2, 0) is 4.79 Å². The number of carbonyl (C=O) groups is 2. The molecule has 1 amide bonds. The predicted molar refractivity (Wildman–Crippen MR) is 120 cm³/mol. The highest BCUT2D eigenvalue weighted by Crippen LogP contribution is 2.23. The number of anilines is 1. The first-order chi connectivity index (χ1) is 14.2. The largest absolute Gasteiger partial charge is 0.325 e. The Labute approximate surface area is 183 Å². The highest BCUT2D eigenvalue weighted by atomic mass is 35.5. The molecule has 1 heterocycles. The SMILES string of the molecule is CC(=O)c1ccc(NC(=O)[C@@H](C)Sc2ccc(=O)n(-c3ccc(C)c(Cl)c3)n2)cc1. The zero-order chi connectivity index (χ0) is 21.8. The lowest BCUT2D eigenvalue weighted by Crippen LogP contribution is -2.24. The van der Waals surface area contributed by atoms with Crippen LogP contribution in [0, 0.1) is 6.92 Å². The number of hydrogen-bond acceptors (Lipinski definition) is 5. The molecule has 0 aliphatic carbocycles. The number of rotatable bonds is 6. The van der Waals surface area contributed by atoms with Crippen LogP contribution in [0.5, 0.6) is 0 Å². The van der Waals surface area contributed by atoms with Gasteiger partial charge in [0.2, 0.25) is 5.91 Å². The van der Waals surface area contributed by atoms with Crippen molar-refractivity contribution in [2.24, 2.45) is 0 Å². The van der Waals surface area contributed by atoms with Gasteiger partial charge in [-0.15, -0.1) is 0 Å². The van der Waals surface area contributed by atoms with Crippen LogP contribution in [0.15, 0.2) is 64.4 Å². The van der Waals surface area contributed by atoms with Gasteiger partial charge in [0.25, 0.3) is 5.56 Å². The molecular weight excluding hydrogens is 422 g/mol. The molecule has 0 unspecified atom stereocenters. The van der Waals surface area contributed by atoms with E-state index in [9.17, 15) is 14.4 Å². The number of ketones is 1. The zero-order valence-electron chi connectivity index (χ0n) is 16.7. The number of aryl methyl sites for hydroxylation is 1. The molecule has 1 aromatic heterocycles. The maximum atomic E-state index is 12.5. The monoisotopic (exact) mass is 441 g/mol. The topological polar surface area (TPSA) is 81.1 Å². The summed E-state index contributed by atoms with van der Waals surface area (Å²) in [5.74, 6) is -0.249. The van der Waals surface area contributed by atoms with Gasteiger partial charge in [-0.2, -0.15) is 9.78 Å². The molecule has 0 saturated carbocycles. The first-order valence-electron chi connectivity index (χ1n) is 9.20. The molecule has 0 bridgehead atoms. The summed E-state index contributed by atoms with van der Waals surface area (Å²) in [7, 11) is 0. The average molecular weight is 442 g/mol. The molecule has 154 valence electrons. The molecule has 6 nitrogen and oxygen atoms in total. The van der Waals surface area contributed by atoms with Crippen LogP contribution in [0.25, 0.3) is 5.69 Å². The minimum Gasteiger partial charge on any atom is -0.325 e. The number of halogens is 1. The molecule has 0 fully saturated rings. The van der Waals surface area contributed by atoms with Crippen LogP contribution >= 0.6 is 23.4 Å². The van der Waals surface area contributed by atoms with E-state index in [2.05, 4.69) is 10.4 Å². The van der Waals surface area contributed by atoms with E-state index in [1.165, 1.54) is 29.4 Å². The predicted octanol–water partition coefficient (Wildman–Crippen LogP) is 4.52. The fraction of sp³-hybridized carbons (Fsp3) is 0.182. The third-order valence-electron chi connectivity index (χ3n) is 4.40. The van der Waals surface area contributed by atoms with E-state index >= 15 is 0 Å². The molecule has 30 heavy (non-hydrogen) atoms. The second-order valence-electron chi connectivity index (χ2n) is 6.74. The zero-order valence-corrected chi connectivity index (χ0v) is 18.3. The first-order valence-corrected chi connectivity index (χ1v) is 10.5. The molecule has 3 rings (SSSR count). The van der Waals surface area contributed by atoms with E-state index in [1.54, 1.807) is 49.4 Å². The maximum absolute atomic E-state index is 12.5. The number of aromatic nitrogens is 2. The fourth-order valence-corrected chi connectivity index (χ4v) is 3.60. The highest BCUT2D eigenvalue weighted by Gasteiger charge is 2.16. The minimum absolute atomic E-state index is 0.0344.